The van der Waals surface area contributed by atoms with Gasteiger partial charge in [0.25, 0.3) is 5.91 Å². The molecule has 1 aromatic rings. The molecule has 0 atom stereocenters. The number of rotatable bonds is 4. The van der Waals surface area contributed by atoms with E-state index in [0.717, 1.165) is 13.1 Å². The van der Waals surface area contributed by atoms with Gasteiger partial charge in [0, 0.05) is 46.2 Å². The number of hydrogen-bond donors (Lipinski definition) is 0. The summed E-state index contributed by atoms with van der Waals surface area (Å²) < 4.78 is 0. The molecule has 0 aliphatic carbocycles. The molecule has 126 valence electrons. The predicted molar refractivity (Wildman–Crippen MR) is 88.8 cm³/mol. The minimum absolute atomic E-state index is 0.0287. The van der Waals surface area contributed by atoms with Gasteiger partial charge in [0.1, 0.15) is 0 Å². The minimum atomic E-state index is -0.214. The lowest BCUT2D eigenvalue weighted by Crippen LogP contribution is -2.50. The molecule has 0 N–H and O–H groups in total. The summed E-state index contributed by atoms with van der Waals surface area (Å²) >= 11 is 6.12. The fourth-order valence-electron chi connectivity index (χ4n) is 2.54. The van der Waals surface area contributed by atoms with Crippen molar-refractivity contribution >= 4 is 29.4 Å². The van der Waals surface area contributed by atoms with E-state index >= 15 is 0 Å². The summed E-state index contributed by atoms with van der Waals surface area (Å²) in [6.07, 6.45) is 1.47. The Balaban J connectivity index is 2.16. The number of carbonyl (C=O) groups excluding carboxylic acids is 2. The first-order chi connectivity index (χ1) is 11.0. The Morgan fingerprint density at radius 3 is 2.26 bits per heavy atom. The lowest BCUT2D eigenvalue weighted by Gasteiger charge is -2.34. The quantitative estimate of drug-likeness (QED) is 0.826. The zero-order valence-corrected chi connectivity index (χ0v) is 14.5. The fraction of sp³-hybridized carbons (Fsp3) is 0.600. The van der Waals surface area contributed by atoms with E-state index in [4.69, 9.17) is 11.6 Å². The van der Waals surface area contributed by atoms with E-state index in [1.165, 1.54) is 13.1 Å². The zero-order chi connectivity index (χ0) is 17.0. The molecule has 2 amide bonds. The highest BCUT2D eigenvalue weighted by Crippen LogP contribution is 2.19. The number of amides is 2. The number of aromatic nitrogens is 2. The van der Waals surface area contributed by atoms with Crippen molar-refractivity contribution in [3.05, 3.63) is 16.9 Å². The van der Waals surface area contributed by atoms with E-state index in [1.54, 1.807) is 9.80 Å². The zero-order valence-electron chi connectivity index (χ0n) is 13.8. The van der Waals surface area contributed by atoms with Crippen LogP contribution in [0.2, 0.25) is 5.02 Å². The van der Waals surface area contributed by atoms with Crippen LogP contribution in [-0.4, -0.2) is 70.9 Å². The fourth-order valence-corrected chi connectivity index (χ4v) is 2.71. The molecule has 0 unspecified atom stereocenters. The molecular formula is C15H22ClN5O2. The van der Waals surface area contributed by atoms with E-state index in [9.17, 15) is 9.59 Å². The molecule has 0 spiro atoms. The van der Waals surface area contributed by atoms with Gasteiger partial charge in [-0.05, 0) is 13.8 Å². The number of anilines is 1. The first kappa shape index (κ1) is 17.5. The maximum Gasteiger partial charge on any atom is 0.274 e. The SMILES string of the molecule is CCN(CC)c1ncc(Cl)c(C(=O)N2CCN(C(C)=O)CC2)n1. The predicted octanol–water partition coefficient (Wildman–Crippen LogP) is 1.28. The van der Waals surface area contributed by atoms with Gasteiger partial charge in [0.15, 0.2) is 5.69 Å². The van der Waals surface area contributed by atoms with Gasteiger partial charge in [-0.3, -0.25) is 9.59 Å². The molecule has 0 saturated carbocycles. The number of piperazine rings is 1. The molecule has 0 bridgehead atoms. The smallest absolute Gasteiger partial charge is 0.274 e. The van der Waals surface area contributed by atoms with E-state index in [0.29, 0.717) is 32.1 Å². The van der Waals surface area contributed by atoms with Crippen molar-refractivity contribution in [3.63, 3.8) is 0 Å². The first-order valence-electron chi connectivity index (χ1n) is 7.80. The van der Waals surface area contributed by atoms with Crippen molar-refractivity contribution in [2.75, 3.05) is 44.2 Å². The van der Waals surface area contributed by atoms with Crippen LogP contribution in [0.3, 0.4) is 0 Å². The molecule has 2 rings (SSSR count). The molecule has 0 aromatic carbocycles. The highest BCUT2D eigenvalue weighted by Gasteiger charge is 2.26. The Labute approximate surface area is 141 Å². The lowest BCUT2D eigenvalue weighted by molar-refractivity contribution is -0.130. The summed E-state index contributed by atoms with van der Waals surface area (Å²) in [5, 5.41) is 0.250. The Morgan fingerprint density at radius 1 is 1.17 bits per heavy atom. The maximum absolute atomic E-state index is 12.7. The van der Waals surface area contributed by atoms with Crippen molar-refractivity contribution in [3.8, 4) is 0 Å². The largest absolute Gasteiger partial charge is 0.341 e. The van der Waals surface area contributed by atoms with Gasteiger partial charge in [-0.15, -0.1) is 0 Å². The molecule has 0 radical (unpaired) electrons. The summed E-state index contributed by atoms with van der Waals surface area (Å²) in [5.41, 5.74) is 0.222. The topological polar surface area (TPSA) is 69.6 Å². The van der Waals surface area contributed by atoms with Crippen molar-refractivity contribution in [1.29, 1.82) is 0 Å². The second kappa shape index (κ2) is 7.59. The third-order valence-corrected chi connectivity index (χ3v) is 4.27. The molecule has 1 aliphatic rings. The van der Waals surface area contributed by atoms with E-state index in [1.807, 2.05) is 18.7 Å². The van der Waals surface area contributed by atoms with Crippen LogP contribution in [0.15, 0.2) is 6.20 Å². The van der Waals surface area contributed by atoms with Crippen molar-refractivity contribution in [1.82, 2.24) is 19.8 Å². The molecule has 1 aliphatic heterocycles. The van der Waals surface area contributed by atoms with Gasteiger partial charge in [0.2, 0.25) is 11.9 Å². The van der Waals surface area contributed by atoms with Crippen LogP contribution < -0.4 is 4.90 Å². The molecule has 2 heterocycles. The van der Waals surface area contributed by atoms with E-state index in [-0.39, 0.29) is 22.5 Å². The Bertz CT molecular complexity index is 583. The summed E-state index contributed by atoms with van der Waals surface area (Å²) in [6, 6.07) is 0. The highest BCUT2D eigenvalue weighted by molar-refractivity contribution is 6.33. The second-order valence-corrected chi connectivity index (χ2v) is 5.74. The summed E-state index contributed by atoms with van der Waals surface area (Å²) in [5.74, 6) is 0.320. The summed E-state index contributed by atoms with van der Waals surface area (Å²) in [7, 11) is 0. The molecule has 1 fully saturated rings. The first-order valence-corrected chi connectivity index (χ1v) is 8.18. The van der Waals surface area contributed by atoms with Gasteiger partial charge in [-0.25, -0.2) is 9.97 Å². The number of hydrogen-bond acceptors (Lipinski definition) is 5. The van der Waals surface area contributed by atoms with Crippen LogP contribution in [0.1, 0.15) is 31.3 Å². The second-order valence-electron chi connectivity index (χ2n) is 5.34. The van der Waals surface area contributed by atoms with Crippen LogP contribution in [0, 0.1) is 0 Å². The van der Waals surface area contributed by atoms with Crippen molar-refractivity contribution < 1.29 is 9.59 Å². The molecule has 23 heavy (non-hydrogen) atoms. The van der Waals surface area contributed by atoms with Gasteiger partial charge in [-0.1, -0.05) is 11.6 Å². The number of halogens is 1. The summed E-state index contributed by atoms with van der Waals surface area (Å²) in [4.78, 5) is 38.0. The molecule has 7 nitrogen and oxygen atoms in total. The van der Waals surface area contributed by atoms with Crippen LogP contribution in [0.4, 0.5) is 5.95 Å². The normalized spacial score (nSPS) is 14.8. The standard InChI is InChI=1S/C15H22ClN5O2/c1-4-19(5-2)15-17-10-12(16)13(18-15)14(23)21-8-6-20(7-9-21)11(3)22/h10H,4-9H2,1-3H3. The van der Waals surface area contributed by atoms with Gasteiger partial charge in [0.05, 0.1) is 11.2 Å². The van der Waals surface area contributed by atoms with Crippen LogP contribution in [0.25, 0.3) is 0 Å². The summed E-state index contributed by atoms with van der Waals surface area (Å²) in [6.45, 7) is 9.09. The molecule has 8 heteroatoms. The third kappa shape index (κ3) is 3.90. The Morgan fingerprint density at radius 2 is 1.74 bits per heavy atom. The monoisotopic (exact) mass is 339 g/mol. The molecular weight excluding hydrogens is 318 g/mol. The van der Waals surface area contributed by atoms with Crippen molar-refractivity contribution in [2.24, 2.45) is 0 Å². The highest BCUT2D eigenvalue weighted by atomic mass is 35.5. The van der Waals surface area contributed by atoms with Gasteiger partial charge in [-0.2, -0.15) is 0 Å². The number of nitrogens with zero attached hydrogens (tertiary/aromatic N) is 5. The van der Waals surface area contributed by atoms with Crippen molar-refractivity contribution in [2.45, 2.75) is 20.8 Å². The lowest BCUT2D eigenvalue weighted by atomic mass is 10.2. The van der Waals surface area contributed by atoms with Crippen LogP contribution in [0.5, 0.6) is 0 Å². The average molecular weight is 340 g/mol. The molecule has 1 saturated heterocycles. The number of carbonyl (C=O) groups is 2. The molecule has 1 aromatic heterocycles. The minimum Gasteiger partial charge on any atom is -0.341 e. The Hall–Kier alpha value is -1.89. The maximum atomic E-state index is 12.7. The van der Waals surface area contributed by atoms with Crippen LogP contribution in [-0.2, 0) is 4.79 Å². The van der Waals surface area contributed by atoms with E-state index in [2.05, 4.69) is 9.97 Å². The van der Waals surface area contributed by atoms with Gasteiger partial charge < -0.3 is 14.7 Å². The van der Waals surface area contributed by atoms with Gasteiger partial charge >= 0.3 is 0 Å². The third-order valence-electron chi connectivity index (χ3n) is 3.99. The average Bonchev–Trinajstić information content (AvgIpc) is 2.56. The van der Waals surface area contributed by atoms with E-state index < -0.39 is 0 Å². The Kier molecular flexibility index (Phi) is 5.76. The van der Waals surface area contributed by atoms with Crippen LogP contribution >= 0.6 is 11.6 Å².